The van der Waals surface area contributed by atoms with Gasteiger partial charge < -0.3 is 4.98 Å². The molecule has 1 aromatic heterocycles. The minimum atomic E-state index is 0.845. The van der Waals surface area contributed by atoms with Crippen molar-refractivity contribution in [1.82, 2.24) is 9.97 Å². The van der Waals surface area contributed by atoms with Gasteiger partial charge in [-0.15, -0.1) is 0 Å². The van der Waals surface area contributed by atoms with Gasteiger partial charge in [0, 0.05) is 12.4 Å². The van der Waals surface area contributed by atoms with Gasteiger partial charge in [0.05, 0.1) is 0 Å². The molecule has 1 aromatic rings. The highest BCUT2D eigenvalue weighted by molar-refractivity contribution is 5.62. The zero-order valence-electron chi connectivity index (χ0n) is 5.39. The molecule has 1 radical (unpaired) electrons. The fourth-order valence-electron chi connectivity index (χ4n) is 0.578. The molecule has 0 aliphatic heterocycles. The van der Waals surface area contributed by atoms with E-state index in [1.54, 1.807) is 12.4 Å². The fourth-order valence-corrected chi connectivity index (χ4v) is 0.578. The van der Waals surface area contributed by atoms with Crippen LogP contribution < -0.4 is 0 Å². The largest absolute Gasteiger partial charge is 0.345 e. The smallest absolute Gasteiger partial charge is 0.132 e. The number of rotatable bonds is 1. The van der Waals surface area contributed by atoms with Crippen LogP contribution >= 0.6 is 0 Å². The van der Waals surface area contributed by atoms with Gasteiger partial charge in [0.2, 0.25) is 0 Å². The minimum absolute atomic E-state index is 0.845. The van der Waals surface area contributed by atoms with Crippen LogP contribution in [0.4, 0.5) is 0 Å². The number of aromatic nitrogens is 2. The van der Waals surface area contributed by atoms with Gasteiger partial charge in [0.25, 0.3) is 0 Å². The zero-order chi connectivity index (χ0) is 6.69. The van der Waals surface area contributed by atoms with Gasteiger partial charge in [-0.2, -0.15) is 0 Å². The summed E-state index contributed by atoms with van der Waals surface area (Å²) in [6.07, 6.45) is 5.41. The summed E-state index contributed by atoms with van der Waals surface area (Å²) in [7, 11) is 0. The van der Waals surface area contributed by atoms with Crippen molar-refractivity contribution in [2.24, 2.45) is 0 Å². The summed E-state index contributed by atoms with van der Waals surface area (Å²) in [6, 6.07) is 0. The van der Waals surface area contributed by atoms with Gasteiger partial charge in [-0.25, -0.2) is 4.98 Å². The van der Waals surface area contributed by atoms with Crippen molar-refractivity contribution in [1.29, 1.82) is 0 Å². The summed E-state index contributed by atoms with van der Waals surface area (Å²) in [5, 5.41) is 0. The lowest BCUT2D eigenvalue weighted by molar-refractivity contribution is 1.24. The van der Waals surface area contributed by atoms with Gasteiger partial charge >= 0.3 is 0 Å². The number of imidazole rings is 1. The molecule has 0 saturated carbocycles. The first kappa shape index (κ1) is 6.08. The predicted octanol–water partition coefficient (Wildman–Crippen LogP) is 1.65. The molecule has 1 rings (SSSR count). The van der Waals surface area contributed by atoms with Gasteiger partial charge in [-0.3, -0.25) is 0 Å². The average molecular weight is 121 g/mol. The summed E-state index contributed by atoms with van der Waals surface area (Å²) < 4.78 is 0. The number of H-pyrrole nitrogens is 1. The Kier molecular flexibility index (Phi) is 1.68. The van der Waals surface area contributed by atoms with Crippen molar-refractivity contribution in [3.05, 3.63) is 31.2 Å². The summed E-state index contributed by atoms with van der Waals surface area (Å²) >= 11 is 0. The predicted molar refractivity (Wildman–Crippen MR) is 37.6 cm³/mol. The van der Waals surface area contributed by atoms with Crippen molar-refractivity contribution < 1.29 is 0 Å². The van der Waals surface area contributed by atoms with Crippen LogP contribution in [0.2, 0.25) is 0 Å². The number of hydrogen-bond donors (Lipinski definition) is 1. The second-order valence-corrected chi connectivity index (χ2v) is 1.75. The van der Waals surface area contributed by atoms with Gasteiger partial charge in [-0.1, -0.05) is 6.08 Å². The summed E-state index contributed by atoms with van der Waals surface area (Å²) in [5.41, 5.74) is 0.931. The maximum Gasteiger partial charge on any atom is 0.132 e. The molecule has 2 heteroatoms. The highest BCUT2D eigenvalue weighted by Gasteiger charge is 1.92. The SMILES string of the molecule is [CH2]/C(=C/C)c1ncc[nH]1. The lowest BCUT2D eigenvalue weighted by atomic mass is 10.3. The molecule has 0 amide bonds. The van der Waals surface area contributed by atoms with E-state index in [2.05, 4.69) is 16.9 Å². The van der Waals surface area contributed by atoms with E-state index in [0.29, 0.717) is 0 Å². The highest BCUT2D eigenvalue weighted by atomic mass is 14.9. The lowest BCUT2D eigenvalue weighted by Crippen LogP contribution is -1.79. The second kappa shape index (κ2) is 2.49. The van der Waals surface area contributed by atoms with Crippen LogP contribution in [0.25, 0.3) is 5.57 Å². The first-order valence-electron chi connectivity index (χ1n) is 2.82. The van der Waals surface area contributed by atoms with E-state index >= 15 is 0 Å². The Hall–Kier alpha value is -1.05. The summed E-state index contributed by atoms with van der Waals surface area (Å²) in [4.78, 5) is 6.95. The topological polar surface area (TPSA) is 28.7 Å². The Bertz CT molecular complexity index is 197. The quantitative estimate of drug-likeness (QED) is 0.601. The molecule has 47 valence electrons. The van der Waals surface area contributed by atoms with E-state index < -0.39 is 0 Å². The third-order valence-electron chi connectivity index (χ3n) is 1.15. The van der Waals surface area contributed by atoms with Crippen LogP contribution in [0.15, 0.2) is 18.5 Å². The summed E-state index contributed by atoms with van der Waals surface area (Å²) in [6.45, 7) is 5.70. The van der Waals surface area contributed by atoms with E-state index in [-0.39, 0.29) is 0 Å². The third-order valence-corrected chi connectivity index (χ3v) is 1.15. The molecule has 0 saturated heterocycles. The Labute approximate surface area is 54.6 Å². The third kappa shape index (κ3) is 1.19. The summed E-state index contributed by atoms with van der Waals surface area (Å²) in [5.74, 6) is 0.845. The molecule has 9 heavy (non-hydrogen) atoms. The molecular formula is C7H9N2. The van der Waals surface area contributed by atoms with Crippen molar-refractivity contribution in [3.63, 3.8) is 0 Å². The molecule has 0 aliphatic rings. The van der Waals surface area contributed by atoms with Crippen LogP contribution in [0.5, 0.6) is 0 Å². The number of aromatic amines is 1. The fraction of sp³-hybridized carbons (Fsp3) is 0.143. The maximum atomic E-state index is 4.00. The normalized spacial score (nSPS) is 12.0. The van der Waals surface area contributed by atoms with Crippen LogP contribution in [-0.4, -0.2) is 9.97 Å². The molecule has 0 atom stereocenters. The Morgan fingerprint density at radius 3 is 3.11 bits per heavy atom. The number of nitrogens with one attached hydrogen (secondary N) is 1. The van der Waals surface area contributed by atoms with E-state index in [1.165, 1.54) is 0 Å². The molecule has 0 bridgehead atoms. The Morgan fingerprint density at radius 1 is 1.89 bits per heavy atom. The van der Waals surface area contributed by atoms with Crippen LogP contribution in [0.3, 0.4) is 0 Å². The minimum Gasteiger partial charge on any atom is -0.345 e. The Morgan fingerprint density at radius 2 is 2.67 bits per heavy atom. The monoisotopic (exact) mass is 121 g/mol. The van der Waals surface area contributed by atoms with Crippen molar-refractivity contribution in [2.45, 2.75) is 6.92 Å². The first-order chi connectivity index (χ1) is 4.34. The molecule has 1 heterocycles. The molecule has 1 N–H and O–H groups in total. The molecule has 0 spiro atoms. The highest BCUT2D eigenvalue weighted by Crippen LogP contribution is 2.04. The average Bonchev–Trinajstić information content (AvgIpc) is 2.37. The number of hydrogen-bond acceptors (Lipinski definition) is 1. The van der Waals surface area contributed by atoms with Crippen molar-refractivity contribution in [2.75, 3.05) is 0 Å². The van der Waals surface area contributed by atoms with E-state index in [0.717, 1.165) is 11.4 Å². The maximum absolute atomic E-state index is 4.00. The van der Waals surface area contributed by atoms with Gasteiger partial charge in [0.15, 0.2) is 0 Å². The van der Waals surface area contributed by atoms with E-state index in [4.69, 9.17) is 0 Å². The van der Waals surface area contributed by atoms with E-state index in [9.17, 15) is 0 Å². The zero-order valence-corrected chi connectivity index (χ0v) is 5.39. The van der Waals surface area contributed by atoms with Crippen molar-refractivity contribution >= 4 is 5.57 Å². The van der Waals surface area contributed by atoms with Crippen molar-refractivity contribution in [3.8, 4) is 0 Å². The molecule has 0 fully saturated rings. The van der Waals surface area contributed by atoms with Crippen LogP contribution in [-0.2, 0) is 0 Å². The van der Waals surface area contributed by atoms with Crippen LogP contribution in [0.1, 0.15) is 12.7 Å². The Balaban J connectivity index is 2.90. The van der Waals surface area contributed by atoms with E-state index in [1.807, 2.05) is 13.0 Å². The number of nitrogens with zero attached hydrogens (tertiary/aromatic N) is 1. The second-order valence-electron chi connectivity index (χ2n) is 1.75. The van der Waals surface area contributed by atoms with Gasteiger partial charge in [0.1, 0.15) is 5.82 Å². The standard InChI is InChI=1S/C7H9N2/c1-3-6(2)7-8-4-5-9-7/h3-5H,2H2,1H3,(H,8,9)/b6-3-. The molecule has 0 unspecified atom stereocenters. The molecule has 0 aromatic carbocycles. The first-order valence-corrected chi connectivity index (χ1v) is 2.82. The molecule has 2 nitrogen and oxygen atoms in total. The van der Waals surface area contributed by atoms with Gasteiger partial charge in [-0.05, 0) is 19.4 Å². The lowest BCUT2D eigenvalue weighted by Gasteiger charge is -1.89. The molecule has 0 aliphatic carbocycles. The number of allylic oxidation sites excluding steroid dienone is 2. The molecular weight excluding hydrogens is 112 g/mol. The van der Waals surface area contributed by atoms with Crippen LogP contribution in [0, 0.1) is 6.92 Å².